The topological polar surface area (TPSA) is 54.9 Å². The molecule has 2 aromatic rings. The quantitative estimate of drug-likeness (QED) is 0.816. The molecule has 0 unspecified atom stereocenters. The number of benzene rings is 1. The van der Waals surface area contributed by atoms with Gasteiger partial charge >= 0.3 is 5.69 Å². The summed E-state index contributed by atoms with van der Waals surface area (Å²) in [6.45, 7) is 3.61. The lowest BCUT2D eigenvalue weighted by Crippen LogP contribution is -2.32. The molecule has 1 aromatic heterocycles. The van der Waals surface area contributed by atoms with E-state index in [4.69, 9.17) is 11.6 Å². The number of hydrogen-bond acceptors (Lipinski definition) is 2. The number of hydrogen-bond donors (Lipinski definition) is 1. The molecule has 0 saturated heterocycles. The molecule has 0 spiro atoms. The van der Waals surface area contributed by atoms with Crippen LogP contribution in [0, 0.1) is 0 Å². The van der Waals surface area contributed by atoms with Crippen LogP contribution >= 0.6 is 11.6 Å². The van der Waals surface area contributed by atoms with E-state index in [0.29, 0.717) is 15.9 Å². The normalized spacial score (nSPS) is 10.6. The number of H-pyrrole nitrogens is 1. The SMILES string of the molecule is C=Cc1cc(Cl)c2c(=O)n(C)c(=O)[nH]c2c1. The minimum Gasteiger partial charge on any atom is -0.307 e. The molecule has 0 atom stereocenters. The molecule has 0 radical (unpaired) electrons. The van der Waals surface area contributed by atoms with Crippen molar-refractivity contribution >= 4 is 28.6 Å². The van der Waals surface area contributed by atoms with Gasteiger partial charge < -0.3 is 4.98 Å². The minimum absolute atomic E-state index is 0.309. The van der Waals surface area contributed by atoms with Crippen LogP contribution in [0.1, 0.15) is 5.56 Å². The van der Waals surface area contributed by atoms with Gasteiger partial charge in [-0.3, -0.25) is 9.36 Å². The number of nitrogens with one attached hydrogen (secondary N) is 1. The van der Waals surface area contributed by atoms with E-state index in [9.17, 15) is 9.59 Å². The third-order valence-electron chi connectivity index (χ3n) is 2.41. The Bertz CT molecular complexity index is 697. The maximum Gasteiger partial charge on any atom is 0.328 e. The van der Waals surface area contributed by atoms with Crippen molar-refractivity contribution in [2.75, 3.05) is 0 Å². The van der Waals surface area contributed by atoms with Gasteiger partial charge in [-0.1, -0.05) is 24.3 Å². The van der Waals surface area contributed by atoms with Gasteiger partial charge in [0.1, 0.15) is 0 Å². The van der Waals surface area contributed by atoms with Gasteiger partial charge in [-0.25, -0.2) is 4.79 Å². The van der Waals surface area contributed by atoms with E-state index in [-0.39, 0.29) is 0 Å². The van der Waals surface area contributed by atoms with Gasteiger partial charge in [0.2, 0.25) is 0 Å². The van der Waals surface area contributed by atoms with Crippen LogP contribution in [0.3, 0.4) is 0 Å². The van der Waals surface area contributed by atoms with Crippen molar-refractivity contribution < 1.29 is 0 Å². The third kappa shape index (κ3) is 1.47. The molecule has 0 saturated carbocycles. The predicted molar refractivity (Wildman–Crippen MR) is 64.9 cm³/mol. The number of fused-ring (bicyclic) bond motifs is 1. The Balaban J connectivity index is 3.08. The van der Waals surface area contributed by atoms with Crippen LogP contribution in [0.15, 0.2) is 28.3 Å². The minimum atomic E-state index is -0.463. The van der Waals surface area contributed by atoms with E-state index in [0.717, 1.165) is 10.1 Å². The monoisotopic (exact) mass is 236 g/mol. The zero-order valence-corrected chi connectivity index (χ0v) is 9.34. The molecular weight excluding hydrogens is 228 g/mol. The third-order valence-corrected chi connectivity index (χ3v) is 2.71. The first-order chi connectivity index (χ1) is 7.54. The van der Waals surface area contributed by atoms with Crippen LogP contribution in [0.5, 0.6) is 0 Å². The van der Waals surface area contributed by atoms with E-state index in [1.807, 2.05) is 0 Å². The predicted octanol–water partition coefficient (Wildman–Crippen LogP) is 1.52. The molecule has 4 nitrogen and oxygen atoms in total. The molecule has 0 fully saturated rings. The molecule has 1 aromatic carbocycles. The van der Waals surface area contributed by atoms with Crippen molar-refractivity contribution in [1.29, 1.82) is 0 Å². The number of aromatic amines is 1. The molecule has 1 heterocycles. The van der Waals surface area contributed by atoms with Gasteiger partial charge in [-0.15, -0.1) is 0 Å². The van der Waals surface area contributed by atoms with Crippen molar-refractivity contribution in [2.24, 2.45) is 7.05 Å². The fourth-order valence-corrected chi connectivity index (χ4v) is 1.83. The average Bonchev–Trinajstić information content (AvgIpc) is 2.25. The molecule has 82 valence electrons. The highest BCUT2D eigenvalue weighted by Gasteiger charge is 2.08. The standard InChI is InChI=1S/C11H9ClN2O2/c1-3-6-4-7(12)9-8(5-6)13-11(16)14(2)10(9)15/h3-5H,1H2,2H3,(H,13,16). The van der Waals surface area contributed by atoms with Gasteiger partial charge in [0.05, 0.1) is 15.9 Å². The summed E-state index contributed by atoms with van der Waals surface area (Å²) in [5.74, 6) is 0. The van der Waals surface area contributed by atoms with E-state index in [1.54, 1.807) is 18.2 Å². The van der Waals surface area contributed by atoms with Gasteiger partial charge in [0, 0.05) is 7.05 Å². The summed E-state index contributed by atoms with van der Waals surface area (Å²) in [5.41, 5.74) is 0.311. The Morgan fingerprint density at radius 3 is 2.75 bits per heavy atom. The molecule has 0 aliphatic heterocycles. The highest BCUT2D eigenvalue weighted by Crippen LogP contribution is 2.20. The summed E-state index contributed by atoms with van der Waals surface area (Å²) in [5, 5.41) is 0.624. The average molecular weight is 237 g/mol. The first-order valence-electron chi connectivity index (χ1n) is 4.59. The maximum atomic E-state index is 11.8. The molecule has 1 N–H and O–H groups in total. The summed E-state index contributed by atoms with van der Waals surface area (Å²) in [4.78, 5) is 25.8. The fourth-order valence-electron chi connectivity index (χ4n) is 1.52. The summed E-state index contributed by atoms with van der Waals surface area (Å²) in [6, 6.07) is 3.30. The highest BCUT2D eigenvalue weighted by atomic mass is 35.5. The Kier molecular flexibility index (Phi) is 2.44. The molecule has 2 rings (SSSR count). The van der Waals surface area contributed by atoms with E-state index >= 15 is 0 Å². The van der Waals surface area contributed by atoms with Crippen LogP contribution in [0.2, 0.25) is 5.02 Å². The summed E-state index contributed by atoms with van der Waals surface area (Å²) in [7, 11) is 1.40. The van der Waals surface area contributed by atoms with E-state index in [1.165, 1.54) is 7.05 Å². The Hall–Kier alpha value is -1.81. The number of halogens is 1. The number of nitrogens with zero attached hydrogens (tertiary/aromatic N) is 1. The molecule has 0 aliphatic rings. The zero-order valence-electron chi connectivity index (χ0n) is 8.58. The summed E-state index contributed by atoms with van der Waals surface area (Å²) < 4.78 is 0.988. The molecule has 0 aliphatic carbocycles. The van der Waals surface area contributed by atoms with Crippen molar-refractivity contribution in [1.82, 2.24) is 9.55 Å². The zero-order chi connectivity index (χ0) is 11.9. The number of aromatic nitrogens is 2. The molecule has 5 heteroatoms. The Morgan fingerprint density at radius 1 is 1.44 bits per heavy atom. The van der Waals surface area contributed by atoms with Crippen LogP contribution in [0.4, 0.5) is 0 Å². The lowest BCUT2D eigenvalue weighted by molar-refractivity contribution is 0.794. The van der Waals surface area contributed by atoms with E-state index in [2.05, 4.69) is 11.6 Å². The lowest BCUT2D eigenvalue weighted by Gasteiger charge is -2.04. The maximum absolute atomic E-state index is 11.8. The van der Waals surface area contributed by atoms with Crippen LogP contribution < -0.4 is 11.2 Å². The largest absolute Gasteiger partial charge is 0.328 e. The van der Waals surface area contributed by atoms with Crippen molar-refractivity contribution in [3.63, 3.8) is 0 Å². The first-order valence-corrected chi connectivity index (χ1v) is 4.97. The number of rotatable bonds is 1. The second-order valence-electron chi connectivity index (χ2n) is 3.42. The molecule has 0 bridgehead atoms. The van der Waals surface area contributed by atoms with Crippen LogP contribution in [0.25, 0.3) is 17.0 Å². The van der Waals surface area contributed by atoms with Crippen molar-refractivity contribution in [3.8, 4) is 0 Å². The van der Waals surface area contributed by atoms with E-state index < -0.39 is 11.2 Å². The van der Waals surface area contributed by atoms with Gasteiger partial charge in [-0.2, -0.15) is 0 Å². The van der Waals surface area contributed by atoms with Gasteiger partial charge in [0.15, 0.2) is 0 Å². The second kappa shape index (κ2) is 3.64. The Labute approximate surface area is 95.8 Å². The fraction of sp³-hybridized carbons (Fsp3) is 0.0909. The van der Waals surface area contributed by atoms with Crippen molar-refractivity contribution in [3.05, 3.63) is 50.1 Å². The lowest BCUT2D eigenvalue weighted by atomic mass is 10.1. The van der Waals surface area contributed by atoms with Gasteiger partial charge in [0.25, 0.3) is 5.56 Å². The Morgan fingerprint density at radius 2 is 2.12 bits per heavy atom. The second-order valence-corrected chi connectivity index (χ2v) is 3.83. The van der Waals surface area contributed by atoms with Crippen molar-refractivity contribution in [2.45, 2.75) is 0 Å². The summed E-state index contributed by atoms with van der Waals surface area (Å²) >= 11 is 5.99. The first kappa shape index (κ1) is 10.7. The smallest absolute Gasteiger partial charge is 0.307 e. The molecular formula is C11H9ClN2O2. The van der Waals surface area contributed by atoms with Crippen LogP contribution in [-0.4, -0.2) is 9.55 Å². The molecule has 16 heavy (non-hydrogen) atoms. The van der Waals surface area contributed by atoms with Crippen LogP contribution in [-0.2, 0) is 7.05 Å². The molecule has 0 amide bonds. The summed E-state index contributed by atoms with van der Waals surface area (Å²) in [6.07, 6.45) is 1.60. The highest BCUT2D eigenvalue weighted by molar-refractivity contribution is 6.35. The van der Waals surface area contributed by atoms with Gasteiger partial charge in [-0.05, 0) is 17.7 Å².